The summed E-state index contributed by atoms with van der Waals surface area (Å²) in [4.78, 5) is 38.4. The molecule has 326 valence electrons. The molecule has 11 heteroatoms. The third-order valence-corrected chi connectivity index (χ3v) is 10.3. The standard InChI is InChI=1S/2C9H7N.C8H6N2.C8H7NO.C8H7N.2C7H6N2/c1-2-6-9-8(4-1)5-3-7-10-9;1-2-4-9-7-10-6-5-8(9)3-1;1-2-4-8-7(3-1)9-5-6-10-8;10-8-5-6-3-1-2-4-7(6)9-8;1-2-4-8-6-9-5-7(8)3-1;1-2-6-3-5-9-7(6)8-4-1;1-2-4-7-6(3-1)5-8-9-7/h2*1-7H;1-6H;1-4H,5H2,(H,9,10);1-5H,6H2;2*1-5H,(H,8,9). The van der Waals surface area contributed by atoms with Crippen molar-refractivity contribution in [3.63, 3.8) is 0 Å². The lowest BCUT2D eigenvalue weighted by atomic mass is 10.1. The molecule has 6 aromatic carbocycles. The van der Waals surface area contributed by atoms with Gasteiger partial charge in [-0.25, -0.2) is 4.98 Å². The molecule has 0 atom stereocenters. The number of nitrogens with one attached hydrogen (secondary N) is 3. The second-order valence-electron chi connectivity index (χ2n) is 14.9. The Balaban J connectivity index is 0.000000106. The van der Waals surface area contributed by atoms with Crippen LogP contribution in [0.25, 0.3) is 54.6 Å². The molecule has 0 unspecified atom stereocenters. The Morgan fingerprint density at radius 1 is 0.448 bits per heavy atom. The Morgan fingerprint density at radius 3 is 1.79 bits per heavy atom. The highest BCUT2D eigenvalue weighted by molar-refractivity contribution is 5.99. The first kappa shape index (κ1) is 44.4. The summed E-state index contributed by atoms with van der Waals surface area (Å²) in [6.45, 7) is 0.871. The summed E-state index contributed by atoms with van der Waals surface area (Å²) < 4.78 is 0. The van der Waals surface area contributed by atoms with Gasteiger partial charge < -0.3 is 10.3 Å². The number of hydrogen-bond donors (Lipinski definition) is 3. The van der Waals surface area contributed by atoms with Gasteiger partial charge in [-0.1, -0.05) is 121 Å². The SMILES string of the molecule is C1=NCc2ccccc21.O=C1Cc2ccccc2N1.c1ccc2[nH]ncc2c1.c1ccc2cnccc2c1.c1ccc2ncccc2c1.c1ccc2nccnc2c1.c1cnc2[nH]ccc2c1. The van der Waals surface area contributed by atoms with E-state index in [-0.39, 0.29) is 5.91 Å². The first-order valence-electron chi connectivity index (χ1n) is 21.6. The zero-order valence-electron chi connectivity index (χ0n) is 36.5. The fourth-order valence-electron chi connectivity index (χ4n) is 6.93. The molecular weight excluding hydrogens is 829 g/mol. The first-order valence-corrected chi connectivity index (χ1v) is 21.6. The topological polar surface area (TPSA) is 150 Å². The van der Waals surface area contributed by atoms with E-state index in [4.69, 9.17) is 0 Å². The van der Waals surface area contributed by atoms with Crippen LogP contribution in [0, 0.1) is 0 Å². The molecule has 14 rings (SSSR count). The third kappa shape index (κ3) is 12.9. The number of carbonyl (C=O) groups excluding carboxylic acids is 1. The number of aliphatic imine (C=N–C) groups is 1. The average Bonchev–Trinajstić information content (AvgIpc) is 4.25. The van der Waals surface area contributed by atoms with E-state index < -0.39 is 0 Å². The number of pyridine rings is 3. The fraction of sp³-hybridized carbons (Fsp3) is 0.0357. The largest absolute Gasteiger partial charge is 0.346 e. The molecule has 0 spiro atoms. The molecule has 1 amide bonds. The van der Waals surface area contributed by atoms with Gasteiger partial charge in [0.05, 0.1) is 41.2 Å². The van der Waals surface area contributed by atoms with Gasteiger partial charge >= 0.3 is 0 Å². The van der Waals surface area contributed by atoms with Crippen LogP contribution in [0.15, 0.2) is 237 Å². The number of rotatable bonds is 0. The number of carbonyl (C=O) groups is 1. The maximum atomic E-state index is 10.8. The van der Waals surface area contributed by atoms with Crippen molar-refractivity contribution in [1.82, 2.24) is 40.1 Å². The summed E-state index contributed by atoms with van der Waals surface area (Å²) in [5.41, 5.74) is 9.70. The van der Waals surface area contributed by atoms with Gasteiger partial charge in [0, 0.05) is 71.4 Å². The molecular formula is C56H46N10O. The highest BCUT2D eigenvalue weighted by atomic mass is 16.1. The quantitative estimate of drug-likeness (QED) is 0.137. The summed E-state index contributed by atoms with van der Waals surface area (Å²) in [6, 6.07) is 60.1. The van der Waals surface area contributed by atoms with E-state index in [0.717, 1.165) is 56.3 Å². The van der Waals surface area contributed by atoms with Gasteiger partial charge in [0.25, 0.3) is 0 Å². The van der Waals surface area contributed by atoms with Crippen LogP contribution in [-0.4, -0.2) is 52.2 Å². The molecule has 0 radical (unpaired) electrons. The minimum absolute atomic E-state index is 0.0983. The number of amides is 1. The smallest absolute Gasteiger partial charge is 0.228 e. The van der Waals surface area contributed by atoms with Crippen LogP contribution in [0.5, 0.6) is 0 Å². The van der Waals surface area contributed by atoms with E-state index in [2.05, 4.69) is 86.8 Å². The number of benzene rings is 6. The van der Waals surface area contributed by atoms with Crippen molar-refractivity contribution >= 4 is 72.5 Å². The maximum Gasteiger partial charge on any atom is 0.228 e. The van der Waals surface area contributed by atoms with Crippen molar-refractivity contribution in [3.05, 3.63) is 248 Å². The van der Waals surface area contributed by atoms with E-state index in [1.165, 1.54) is 27.3 Å². The number of aromatic amines is 2. The number of hydrogen-bond acceptors (Lipinski definition) is 8. The van der Waals surface area contributed by atoms with Crippen LogP contribution < -0.4 is 5.32 Å². The summed E-state index contributed by atoms with van der Waals surface area (Å²) >= 11 is 0. The molecule has 2 aliphatic heterocycles. The molecule has 12 aromatic rings. The highest BCUT2D eigenvalue weighted by Crippen LogP contribution is 2.21. The van der Waals surface area contributed by atoms with E-state index in [0.29, 0.717) is 6.42 Å². The number of anilines is 1. The lowest BCUT2D eigenvalue weighted by Crippen LogP contribution is -2.03. The van der Waals surface area contributed by atoms with Crippen LogP contribution in [-0.2, 0) is 17.8 Å². The minimum atomic E-state index is 0.0983. The molecule has 67 heavy (non-hydrogen) atoms. The number of para-hydroxylation sites is 5. The minimum Gasteiger partial charge on any atom is -0.346 e. The zero-order valence-corrected chi connectivity index (χ0v) is 36.5. The van der Waals surface area contributed by atoms with Gasteiger partial charge in [0.2, 0.25) is 5.91 Å². The number of aromatic nitrogens is 8. The van der Waals surface area contributed by atoms with Crippen molar-refractivity contribution in [2.45, 2.75) is 13.0 Å². The molecule has 11 nitrogen and oxygen atoms in total. The lowest BCUT2D eigenvalue weighted by molar-refractivity contribution is -0.115. The molecule has 0 fully saturated rings. The molecule has 0 aliphatic carbocycles. The Hall–Kier alpha value is -9.22. The predicted molar refractivity (Wildman–Crippen MR) is 272 cm³/mol. The van der Waals surface area contributed by atoms with E-state index >= 15 is 0 Å². The fourth-order valence-corrected chi connectivity index (χ4v) is 6.93. The van der Waals surface area contributed by atoms with Gasteiger partial charge in [-0.2, -0.15) is 5.10 Å². The van der Waals surface area contributed by atoms with Crippen LogP contribution >= 0.6 is 0 Å². The van der Waals surface area contributed by atoms with Crippen LogP contribution in [0.1, 0.15) is 16.7 Å². The third-order valence-electron chi connectivity index (χ3n) is 10.3. The van der Waals surface area contributed by atoms with Crippen molar-refractivity contribution < 1.29 is 4.79 Å². The normalized spacial score (nSPS) is 11.3. The van der Waals surface area contributed by atoms with Crippen molar-refractivity contribution in [1.29, 1.82) is 0 Å². The molecule has 0 saturated heterocycles. The molecule has 8 heterocycles. The van der Waals surface area contributed by atoms with Gasteiger partial charge in [-0.15, -0.1) is 0 Å². The first-order chi connectivity index (χ1) is 33.2. The van der Waals surface area contributed by atoms with Crippen LogP contribution in [0.4, 0.5) is 5.69 Å². The molecule has 3 N–H and O–H groups in total. The van der Waals surface area contributed by atoms with Gasteiger partial charge in [-0.05, 0) is 88.1 Å². The summed E-state index contributed by atoms with van der Waals surface area (Å²) in [6.07, 6.45) is 16.8. The van der Waals surface area contributed by atoms with Gasteiger partial charge in [0.15, 0.2) is 0 Å². The Bertz CT molecular complexity index is 2950. The number of H-pyrrole nitrogens is 2. The maximum absolute atomic E-state index is 10.8. The van der Waals surface area contributed by atoms with Crippen molar-refractivity contribution in [3.8, 4) is 0 Å². The summed E-state index contributed by atoms with van der Waals surface area (Å²) in [5.74, 6) is 0.0983. The van der Waals surface area contributed by atoms with E-state index in [1.807, 2.05) is 183 Å². The zero-order chi connectivity index (χ0) is 45.7. The van der Waals surface area contributed by atoms with Crippen molar-refractivity contribution in [2.24, 2.45) is 4.99 Å². The number of nitrogens with zero attached hydrogens (tertiary/aromatic N) is 7. The second-order valence-corrected chi connectivity index (χ2v) is 14.9. The van der Waals surface area contributed by atoms with Gasteiger partial charge in [-0.3, -0.25) is 34.8 Å². The Morgan fingerprint density at radius 2 is 1.06 bits per heavy atom. The summed E-state index contributed by atoms with van der Waals surface area (Å²) in [5, 5.41) is 15.5. The number of fused-ring (bicyclic) bond motifs is 7. The summed E-state index contributed by atoms with van der Waals surface area (Å²) in [7, 11) is 0. The Kier molecular flexibility index (Phi) is 15.5. The molecule has 0 saturated carbocycles. The monoisotopic (exact) mass is 874 g/mol. The molecule has 6 aromatic heterocycles. The second kappa shape index (κ2) is 23.5. The molecule has 0 bridgehead atoms. The van der Waals surface area contributed by atoms with Gasteiger partial charge in [0.1, 0.15) is 5.65 Å². The van der Waals surface area contributed by atoms with Crippen molar-refractivity contribution in [2.75, 3.05) is 5.32 Å². The average molecular weight is 875 g/mol. The Labute approximate surface area is 387 Å². The highest BCUT2D eigenvalue weighted by Gasteiger charge is 2.15. The molecule has 2 aliphatic rings. The predicted octanol–water partition coefficient (Wildman–Crippen LogP) is 12.0. The van der Waals surface area contributed by atoms with Crippen LogP contribution in [0.2, 0.25) is 0 Å². The van der Waals surface area contributed by atoms with Crippen LogP contribution in [0.3, 0.4) is 0 Å². The van der Waals surface area contributed by atoms with E-state index in [1.54, 1.807) is 18.6 Å². The lowest BCUT2D eigenvalue weighted by Gasteiger charge is -1.93. The van der Waals surface area contributed by atoms with E-state index in [9.17, 15) is 4.79 Å².